The molecule has 3 aromatic rings. The number of carbonyl (C=O) groups excluding carboxylic acids is 1. The van der Waals surface area contributed by atoms with Crippen molar-refractivity contribution in [2.45, 2.75) is 13.3 Å². The van der Waals surface area contributed by atoms with Gasteiger partial charge in [-0.2, -0.15) is 0 Å². The van der Waals surface area contributed by atoms with Gasteiger partial charge in [0.2, 0.25) is 5.91 Å². The van der Waals surface area contributed by atoms with Gasteiger partial charge < -0.3 is 9.73 Å². The molecule has 1 amide bonds. The summed E-state index contributed by atoms with van der Waals surface area (Å²) in [5, 5.41) is 2.87. The summed E-state index contributed by atoms with van der Waals surface area (Å²) in [4.78, 5) is 16.3. The van der Waals surface area contributed by atoms with Crippen molar-refractivity contribution in [3.05, 3.63) is 58.4 Å². The average Bonchev–Trinajstić information content (AvgIpc) is 2.80. The van der Waals surface area contributed by atoms with Crippen molar-refractivity contribution < 1.29 is 9.21 Å². The summed E-state index contributed by atoms with van der Waals surface area (Å²) in [6, 6.07) is 13.1. The number of anilines is 1. The maximum Gasteiger partial charge on any atom is 0.228 e. The molecule has 21 heavy (non-hydrogen) atoms. The van der Waals surface area contributed by atoms with Crippen LogP contribution in [0.4, 0.5) is 5.69 Å². The molecule has 0 saturated heterocycles. The first-order valence-electron chi connectivity index (χ1n) is 6.52. The van der Waals surface area contributed by atoms with Gasteiger partial charge in [-0.15, -0.1) is 0 Å². The average molecular weight is 345 g/mol. The molecule has 0 aliphatic carbocycles. The summed E-state index contributed by atoms with van der Waals surface area (Å²) in [5.74, 6) is 0.556. The van der Waals surface area contributed by atoms with Crippen LogP contribution in [0.15, 0.2) is 51.4 Å². The lowest BCUT2D eigenvalue weighted by molar-refractivity contribution is -0.115. The maximum atomic E-state index is 12.0. The molecule has 0 atom stereocenters. The van der Waals surface area contributed by atoms with E-state index in [2.05, 4.69) is 26.2 Å². The molecule has 0 saturated carbocycles. The first kappa shape index (κ1) is 13.8. The largest absolute Gasteiger partial charge is 0.441 e. The number of halogens is 1. The zero-order valence-electron chi connectivity index (χ0n) is 11.4. The summed E-state index contributed by atoms with van der Waals surface area (Å²) >= 11 is 3.37. The molecule has 5 heteroatoms. The van der Waals surface area contributed by atoms with E-state index in [1.54, 1.807) is 6.92 Å². The fourth-order valence-electron chi connectivity index (χ4n) is 2.11. The number of carbonyl (C=O) groups is 1. The van der Waals surface area contributed by atoms with E-state index >= 15 is 0 Å². The van der Waals surface area contributed by atoms with Crippen molar-refractivity contribution in [3.63, 3.8) is 0 Å². The van der Waals surface area contributed by atoms with Crippen LogP contribution in [-0.4, -0.2) is 10.9 Å². The summed E-state index contributed by atoms with van der Waals surface area (Å²) in [6.45, 7) is 1.80. The van der Waals surface area contributed by atoms with E-state index in [4.69, 9.17) is 4.42 Å². The van der Waals surface area contributed by atoms with E-state index in [0.717, 1.165) is 26.8 Å². The number of oxazole rings is 1. The van der Waals surface area contributed by atoms with Crippen LogP contribution >= 0.6 is 15.9 Å². The molecule has 0 aliphatic rings. The lowest BCUT2D eigenvalue weighted by atomic mass is 10.1. The number of benzene rings is 2. The Balaban J connectivity index is 1.71. The van der Waals surface area contributed by atoms with Gasteiger partial charge in [0.05, 0.1) is 6.42 Å². The lowest BCUT2D eigenvalue weighted by Gasteiger charge is -2.05. The second-order valence-electron chi connectivity index (χ2n) is 4.77. The molecule has 2 aromatic carbocycles. The van der Waals surface area contributed by atoms with Crippen LogP contribution in [0.1, 0.15) is 11.5 Å². The van der Waals surface area contributed by atoms with Crippen molar-refractivity contribution in [2.24, 2.45) is 0 Å². The molecule has 1 N–H and O–H groups in total. The maximum absolute atomic E-state index is 12.0. The Bertz CT molecular complexity index is 794. The summed E-state index contributed by atoms with van der Waals surface area (Å²) in [6.07, 6.45) is 0.336. The number of amides is 1. The van der Waals surface area contributed by atoms with Crippen molar-refractivity contribution in [1.82, 2.24) is 4.98 Å². The number of fused-ring (bicyclic) bond motifs is 1. The van der Waals surface area contributed by atoms with Crippen LogP contribution < -0.4 is 5.32 Å². The third-order valence-corrected chi connectivity index (χ3v) is 3.58. The fraction of sp³-hybridized carbons (Fsp3) is 0.125. The Morgan fingerprint density at radius 2 is 2.00 bits per heavy atom. The van der Waals surface area contributed by atoms with Crippen LogP contribution in [0, 0.1) is 6.92 Å². The van der Waals surface area contributed by atoms with Crippen LogP contribution in [0.25, 0.3) is 11.1 Å². The number of aromatic nitrogens is 1. The second-order valence-corrected chi connectivity index (χ2v) is 5.68. The van der Waals surface area contributed by atoms with Crippen molar-refractivity contribution in [2.75, 3.05) is 5.32 Å². The Labute approximate surface area is 130 Å². The van der Waals surface area contributed by atoms with E-state index < -0.39 is 0 Å². The predicted molar refractivity (Wildman–Crippen MR) is 85.2 cm³/mol. The van der Waals surface area contributed by atoms with Gasteiger partial charge in [0.1, 0.15) is 5.52 Å². The molecule has 106 valence electrons. The minimum absolute atomic E-state index is 0.0584. The van der Waals surface area contributed by atoms with Gasteiger partial charge in [-0.05, 0) is 35.9 Å². The van der Waals surface area contributed by atoms with Gasteiger partial charge in [-0.1, -0.05) is 28.1 Å². The number of hydrogen-bond donors (Lipinski definition) is 1. The van der Waals surface area contributed by atoms with Crippen LogP contribution in [0.3, 0.4) is 0 Å². The summed E-state index contributed by atoms with van der Waals surface area (Å²) in [5.41, 5.74) is 3.15. The molecule has 3 rings (SSSR count). The van der Waals surface area contributed by atoms with Crippen LogP contribution in [0.5, 0.6) is 0 Å². The molecule has 0 aliphatic heterocycles. The molecule has 0 spiro atoms. The molecule has 0 fully saturated rings. The normalized spacial score (nSPS) is 10.8. The van der Waals surface area contributed by atoms with Gasteiger partial charge in [0.25, 0.3) is 0 Å². The van der Waals surface area contributed by atoms with E-state index in [0.29, 0.717) is 12.3 Å². The fourth-order valence-corrected chi connectivity index (χ4v) is 2.38. The van der Waals surface area contributed by atoms with Crippen LogP contribution in [-0.2, 0) is 11.2 Å². The predicted octanol–water partition coefficient (Wildman–Crippen LogP) is 4.08. The van der Waals surface area contributed by atoms with Gasteiger partial charge in [0.15, 0.2) is 11.5 Å². The number of aryl methyl sites for hydroxylation is 1. The van der Waals surface area contributed by atoms with Crippen molar-refractivity contribution in [1.29, 1.82) is 0 Å². The van der Waals surface area contributed by atoms with E-state index in [1.807, 2.05) is 42.5 Å². The standard InChI is InChI=1S/C16H13BrN2O2/c1-10-18-14-9-13(6-7-15(14)21-10)19-16(20)8-11-2-4-12(17)5-3-11/h2-7,9H,8H2,1H3,(H,19,20). The number of nitrogens with zero attached hydrogens (tertiary/aromatic N) is 1. The molecule has 1 heterocycles. The summed E-state index contributed by atoms with van der Waals surface area (Å²) < 4.78 is 6.41. The molecule has 1 aromatic heterocycles. The zero-order chi connectivity index (χ0) is 14.8. The quantitative estimate of drug-likeness (QED) is 0.778. The summed E-state index contributed by atoms with van der Waals surface area (Å²) in [7, 11) is 0. The minimum atomic E-state index is -0.0584. The molecule has 0 radical (unpaired) electrons. The van der Waals surface area contributed by atoms with Crippen LogP contribution in [0.2, 0.25) is 0 Å². The van der Waals surface area contributed by atoms with Crippen molar-refractivity contribution >= 4 is 38.6 Å². The molecule has 4 nitrogen and oxygen atoms in total. The van der Waals surface area contributed by atoms with Gasteiger partial charge >= 0.3 is 0 Å². The smallest absolute Gasteiger partial charge is 0.228 e. The minimum Gasteiger partial charge on any atom is -0.441 e. The third-order valence-electron chi connectivity index (χ3n) is 3.06. The highest BCUT2D eigenvalue weighted by atomic mass is 79.9. The van der Waals surface area contributed by atoms with E-state index in [-0.39, 0.29) is 5.91 Å². The second kappa shape index (κ2) is 5.69. The SMILES string of the molecule is Cc1nc2cc(NC(=O)Cc3ccc(Br)cc3)ccc2o1. The Morgan fingerprint density at radius 1 is 1.24 bits per heavy atom. The first-order valence-corrected chi connectivity index (χ1v) is 7.31. The topological polar surface area (TPSA) is 55.1 Å². The lowest BCUT2D eigenvalue weighted by Crippen LogP contribution is -2.14. The third kappa shape index (κ3) is 3.31. The zero-order valence-corrected chi connectivity index (χ0v) is 13.0. The van der Waals surface area contributed by atoms with Gasteiger partial charge in [0, 0.05) is 17.1 Å². The Hall–Kier alpha value is -2.14. The first-order chi connectivity index (χ1) is 10.1. The highest BCUT2D eigenvalue weighted by molar-refractivity contribution is 9.10. The Morgan fingerprint density at radius 3 is 2.76 bits per heavy atom. The van der Waals surface area contributed by atoms with E-state index in [1.165, 1.54) is 0 Å². The highest BCUT2D eigenvalue weighted by Gasteiger charge is 2.07. The number of rotatable bonds is 3. The molecule has 0 unspecified atom stereocenters. The highest BCUT2D eigenvalue weighted by Crippen LogP contribution is 2.20. The molecular formula is C16H13BrN2O2. The van der Waals surface area contributed by atoms with Gasteiger partial charge in [-0.25, -0.2) is 4.98 Å². The number of hydrogen-bond acceptors (Lipinski definition) is 3. The number of nitrogens with one attached hydrogen (secondary N) is 1. The van der Waals surface area contributed by atoms with Gasteiger partial charge in [-0.3, -0.25) is 4.79 Å². The Kier molecular flexibility index (Phi) is 3.75. The molecular weight excluding hydrogens is 332 g/mol. The van der Waals surface area contributed by atoms with Crippen molar-refractivity contribution in [3.8, 4) is 0 Å². The monoisotopic (exact) mass is 344 g/mol. The molecule has 0 bridgehead atoms. The van der Waals surface area contributed by atoms with E-state index in [9.17, 15) is 4.79 Å².